The minimum Gasteiger partial charge on any atom is -0.348 e. The SMILES string of the molecule is C[C@H](NC(=O)CN1CCC[C@H](C(=O)Nc2ccccc2)C1)c1ccc(F)cc1. The van der Waals surface area contributed by atoms with E-state index in [4.69, 9.17) is 0 Å². The average molecular weight is 383 g/mol. The van der Waals surface area contributed by atoms with Crippen LogP contribution in [0.5, 0.6) is 0 Å². The van der Waals surface area contributed by atoms with E-state index in [-0.39, 0.29) is 36.1 Å². The van der Waals surface area contributed by atoms with Gasteiger partial charge in [-0.15, -0.1) is 0 Å². The molecule has 5 nitrogen and oxygen atoms in total. The molecule has 1 saturated heterocycles. The minimum absolute atomic E-state index is 0.00371. The van der Waals surface area contributed by atoms with Gasteiger partial charge >= 0.3 is 0 Å². The van der Waals surface area contributed by atoms with Crippen LogP contribution in [0.1, 0.15) is 31.4 Å². The predicted molar refractivity (Wildman–Crippen MR) is 107 cm³/mol. The molecule has 6 heteroatoms. The second-order valence-corrected chi connectivity index (χ2v) is 7.27. The summed E-state index contributed by atoms with van der Waals surface area (Å²) in [6, 6.07) is 15.3. The summed E-state index contributed by atoms with van der Waals surface area (Å²) in [6.45, 7) is 3.49. The molecule has 0 spiro atoms. The molecule has 1 aliphatic heterocycles. The molecule has 0 saturated carbocycles. The Morgan fingerprint density at radius 3 is 2.57 bits per heavy atom. The summed E-state index contributed by atoms with van der Waals surface area (Å²) in [4.78, 5) is 26.9. The largest absolute Gasteiger partial charge is 0.348 e. The van der Waals surface area contributed by atoms with E-state index in [9.17, 15) is 14.0 Å². The van der Waals surface area contributed by atoms with E-state index in [2.05, 4.69) is 10.6 Å². The molecule has 0 bridgehead atoms. The zero-order valence-electron chi connectivity index (χ0n) is 16.0. The molecule has 2 amide bonds. The first-order valence-corrected chi connectivity index (χ1v) is 9.64. The maximum Gasteiger partial charge on any atom is 0.234 e. The number of amides is 2. The molecule has 2 N–H and O–H groups in total. The van der Waals surface area contributed by atoms with Gasteiger partial charge in [-0.25, -0.2) is 4.39 Å². The van der Waals surface area contributed by atoms with Crippen LogP contribution in [-0.4, -0.2) is 36.3 Å². The van der Waals surface area contributed by atoms with E-state index in [1.165, 1.54) is 12.1 Å². The van der Waals surface area contributed by atoms with Crippen molar-refractivity contribution in [2.24, 2.45) is 5.92 Å². The van der Waals surface area contributed by atoms with Gasteiger partial charge in [0, 0.05) is 12.2 Å². The van der Waals surface area contributed by atoms with Crippen molar-refractivity contribution in [1.82, 2.24) is 10.2 Å². The van der Waals surface area contributed by atoms with Gasteiger partial charge in [0.15, 0.2) is 0 Å². The second kappa shape index (κ2) is 9.46. The van der Waals surface area contributed by atoms with Crippen molar-refractivity contribution in [3.05, 3.63) is 66.0 Å². The first-order chi connectivity index (χ1) is 13.5. The lowest BCUT2D eigenvalue weighted by Gasteiger charge is -2.31. The van der Waals surface area contributed by atoms with Crippen LogP contribution in [0.4, 0.5) is 10.1 Å². The molecule has 0 unspecified atom stereocenters. The monoisotopic (exact) mass is 383 g/mol. The summed E-state index contributed by atoms with van der Waals surface area (Å²) < 4.78 is 13.0. The van der Waals surface area contributed by atoms with E-state index in [1.807, 2.05) is 42.2 Å². The van der Waals surface area contributed by atoms with Crippen molar-refractivity contribution in [2.75, 3.05) is 25.0 Å². The third-order valence-electron chi connectivity index (χ3n) is 5.03. The quantitative estimate of drug-likeness (QED) is 0.804. The highest BCUT2D eigenvalue weighted by Crippen LogP contribution is 2.19. The molecule has 28 heavy (non-hydrogen) atoms. The number of nitrogens with zero attached hydrogens (tertiary/aromatic N) is 1. The third-order valence-corrected chi connectivity index (χ3v) is 5.03. The molecule has 1 aliphatic rings. The van der Waals surface area contributed by atoms with Crippen molar-refractivity contribution in [3.8, 4) is 0 Å². The average Bonchev–Trinajstić information content (AvgIpc) is 2.69. The Morgan fingerprint density at radius 2 is 1.86 bits per heavy atom. The number of para-hydroxylation sites is 1. The van der Waals surface area contributed by atoms with Gasteiger partial charge in [-0.05, 0) is 56.1 Å². The first kappa shape index (κ1) is 20.0. The summed E-state index contributed by atoms with van der Waals surface area (Å²) in [5.41, 5.74) is 1.64. The number of hydrogen-bond acceptors (Lipinski definition) is 3. The normalized spacial score (nSPS) is 18.3. The Labute approximate surface area is 164 Å². The van der Waals surface area contributed by atoms with E-state index in [0.717, 1.165) is 30.6 Å². The number of benzene rings is 2. The Hall–Kier alpha value is -2.73. The van der Waals surface area contributed by atoms with E-state index >= 15 is 0 Å². The molecule has 0 aromatic heterocycles. The van der Waals surface area contributed by atoms with Gasteiger partial charge in [0.05, 0.1) is 18.5 Å². The van der Waals surface area contributed by atoms with Crippen LogP contribution in [-0.2, 0) is 9.59 Å². The third kappa shape index (κ3) is 5.63. The summed E-state index contributed by atoms with van der Waals surface area (Å²) in [5, 5.41) is 5.89. The number of carbonyl (C=O) groups is 2. The predicted octanol–water partition coefficient (Wildman–Crippen LogP) is 3.35. The lowest BCUT2D eigenvalue weighted by molar-refractivity contribution is -0.126. The highest BCUT2D eigenvalue weighted by molar-refractivity contribution is 5.92. The van der Waals surface area contributed by atoms with E-state index < -0.39 is 0 Å². The summed E-state index contributed by atoms with van der Waals surface area (Å²) in [6.07, 6.45) is 1.70. The van der Waals surface area contributed by atoms with Crippen LogP contribution in [0, 0.1) is 11.7 Å². The molecule has 0 aliphatic carbocycles. The fourth-order valence-corrected chi connectivity index (χ4v) is 3.50. The Bertz CT molecular complexity index is 795. The first-order valence-electron chi connectivity index (χ1n) is 9.64. The van der Waals surface area contributed by atoms with Crippen molar-refractivity contribution in [3.63, 3.8) is 0 Å². The summed E-state index contributed by atoms with van der Waals surface area (Å²) in [5.74, 6) is -0.524. The maximum atomic E-state index is 13.0. The van der Waals surface area contributed by atoms with Gasteiger partial charge in [0.2, 0.25) is 11.8 Å². The van der Waals surface area contributed by atoms with Crippen LogP contribution in [0.25, 0.3) is 0 Å². The topological polar surface area (TPSA) is 61.4 Å². The maximum absolute atomic E-state index is 13.0. The van der Waals surface area contributed by atoms with E-state index in [1.54, 1.807) is 12.1 Å². The van der Waals surface area contributed by atoms with Crippen molar-refractivity contribution in [1.29, 1.82) is 0 Å². The zero-order valence-corrected chi connectivity index (χ0v) is 16.0. The van der Waals surface area contributed by atoms with Gasteiger partial charge in [-0.1, -0.05) is 30.3 Å². The molecule has 2 aromatic carbocycles. The molecular weight excluding hydrogens is 357 g/mol. The number of rotatable bonds is 6. The molecule has 0 radical (unpaired) electrons. The smallest absolute Gasteiger partial charge is 0.234 e. The van der Waals surface area contributed by atoms with Crippen LogP contribution >= 0.6 is 0 Å². The molecular formula is C22H26FN3O2. The Kier molecular flexibility index (Phi) is 6.76. The van der Waals surface area contributed by atoms with Gasteiger partial charge in [0.1, 0.15) is 5.82 Å². The molecule has 2 atom stereocenters. The highest BCUT2D eigenvalue weighted by Gasteiger charge is 2.27. The van der Waals surface area contributed by atoms with Crippen LogP contribution < -0.4 is 10.6 Å². The van der Waals surface area contributed by atoms with Gasteiger partial charge in [-0.2, -0.15) is 0 Å². The highest BCUT2D eigenvalue weighted by atomic mass is 19.1. The van der Waals surface area contributed by atoms with Crippen LogP contribution in [0.2, 0.25) is 0 Å². The fourth-order valence-electron chi connectivity index (χ4n) is 3.50. The van der Waals surface area contributed by atoms with Gasteiger partial charge in [0.25, 0.3) is 0 Å². The molecule has 3 rings (SSSR count). The zero-order chi connectivity index (χ0) is 19.9. The Balaban J connectivity index is 1.49. The van der Waals surface area contributed by atoms with Crippen LogP contribution in [0.15, 0.2) is 54.6 Å². The number of carbonyl (C=O) groups excluding carboxylic acids is 2. The van der Waals surface area contributed by atoms with Crippen molar-refractivity contribution >= 4 is 17.5 Å². The lowest BCUT2D eigenvalue weighted by Crippen LogP contribution is -2.45. The molecule has 1 heterocycles. The van der Waals surface area contributed by atoms with Gasteiger partial charge in [-0.3, -0.25) is 14.5 Å². The van der Waals surface area contributed by atoms with E-state index in [0.29, 0.717) is 6.54 Å². The number of likely N-dealkylation sites (tertiary alicyclic amines) is 1. The number of hydrogen-bond donors (Lipinski definition) is 2. The summed E-state index contributed by atoms with van der Waals surface area (Å²) >= 11 is 0. The number of piperidine rings is 1. The second-order valence-electron chi connectivity index (χ2n) is 7.27. The number of anilines is 1. The molecule has 2 aromatic rings. The number of nitrogens with one attached hydrogen (secondary N) is 2. The fraction of sp³-hybridized carbons (Fsp3) is 0.364. The Morgan fingerprint density at radius 1 is 1.14 bits per heavy atom. The lowest BCUT2D eigenvalue weighted by atomic mass is 9.97. The summed E-state index contributed by atoms with van der Waals surface area (Å²) in [7, 11) is 0. The van der Waals surface area contributed by atoms with Crippen molar-refractivity contribution in [2.45, 2.75) is 25.8 Å². The minimum atomic E-state index is -0.296. The van der Waals surface area contributed by atoms with Gasteiger partial charge < -0.3 is 10.6 Å². The number of halogens is 1. The van der Waals surface area contributed by atoms with Crippen molar-refractivity contribution < 1.29 is 14.0 Å². The molecule has 1 fully saturated rings. The molecule has 148 valence electrons. The van der Waals surface area contributed by atoms with Crippen LogP contribution in [0.3, 0.4) is 0 Å². The standard InChI is InChI=1S/C22H26FN3O2/c1-16(17-9-11-19(23)12-10-17)24-21(27)15-26-13-5-6-18(14-26)22(28)25-20-7-3-2-4-8-20/h2-4,7-12,16,18H,5-6,13-15H2,1H3,(H,24,27)(H,25,28)/t16-,18-/m0/s1.